The second-order valence-electron chi connectivity index (χ2n) is 6.11. The Kier molecular flexibility index (Phi) is 5.33. The predicted octanol–water partition coefficient (Wildman–Crippen LogP) is 5.11. The zero-order valence-electron chi connectivity index (χ0n) is 14.0. The van der Waals surface area contributed by atoms with Gasteiger partial charge in [0.15, 0.2) is 5.69 Å². The molecule has 7 heteroatoms. The van der Waals surface area contributed by atoms with Crippen molar-refractivity contribution in [3.63, 3.8) is 0 Å². The molecule has 4 nitrogen and oxygen atoms in total. The summed E-state index contributed by atoms with van der Waals surface area (Å²) < 4.78 is 0. The van der Waals surface area contributed by atoms with Crippen molar-refractivity contribution in [1.29, 1.82) is 0 Å². The molecule has 26 heavy (non-hydrogen) atoms. The molecular weight excluding hydrogens is 386 g/mol. The van der Waals surface area contributed by atoms with Gasteiger partial charge in [0.1, 0.15) is 0 Å². The van der Waals surface area contributed by atoms with Crippen molar-refractivity contribution in [1.82, 2.24) is 15.1 Å². The number of hydrogen-bond donors (Lipinski definition) is 1. The van der Waals surface area contributed by atoms with Gasteiger partial charge in [0.25, 0.3) is 5.91 Å². The van der Waals surface area contributed by atoms with Gasteiger partial charge in [0, 0.05) is 29.1 Å². The number of aromatic nitrogens is 2. The highest BCUT2D eigenvalue weighted by molar-refractivity contribution is 7.99. The van der Waals surface area contributed by atoms with Crippen LogP contribution in [-0.2, 0) is 0 Å². The number of thiophene rings is 1. The van der Waals surface area contributed by atoms with Crippen molar-refractivity contribution in [3.05, 3.63) is 64.1 Å². The summed E-state index contributed by atoms with van der Waals surface area (Å²) >= 11 is 9.84. The summed E-state index contributed by atoms with van der Waals surface area (Å²) in [5.74, 6) is 0.883. The number of nitrogens with zero attached hydrogens (tertiary/aromatic N) is 2. The van der Waals surface area contributed by atoms with E-state index in [-0.39, 0.29) is 5.91 Å². The predicted molar refractivity (Wildman–Crippen MR) is 109 cm³/mol. The van der Waals surface area contributed by atoms with Gasteiger partial charge in [-0.15, -0.1) is 11.3 Å². The maximum absolute atomic E-state index is 12.9. The van der Waals surface area contributed by atoms with E-state index in [9.17, 15) is 4.79 Å². The van der Waals surface area contributed by atoms with Gasteiger partial charge in [-0.1, -0.05) is 35.9 Å². The number of nitrogens with one attached hydrogen (secondary N) is 1. The molecule has 1 fully saturated rings. The van der Waals surface area contributed by atoms with E-state index in [1.54, 1.807) is 11.3 Å². The molecule has 134 valence electrons. The summed E-state index contributed by atoms with van der Waals surface area (Å²) in [7, 11) is 0. The molecule has 1 atom stereocenters. The monoisotopic (exact) mass is 403 g/mol. The summed E-state index contributed by atoms with van der Waals surface area (Å²) in [6, 6.07) is 13.8. The van der Waals surface area contributed by atoms with Crippen LogP contribution in [0, 0.1) is 0 Å². The van der Waals surface area contributed by atoms with E-state index in [0.29, 0.717) is 17.5 Å². The maximum atomic E-state index is 12.9. The SMILES string of the molecule is O=C(c1cc(-c2cccs2)[nH]n1)N1CCSC(c2ccccc2Cl)CC1. The van der Waals surface area contributed by atoms with Gasteiger partial charge in [-0.05, 0) is 35.6 Å². The van der Waals surface area contributed by atoms with Crippen LogP contribution < -0.4 is 0 Å². The lowest BCUT2D eigenvalue weighted by atomic mass is 10.1. The van der Waals surface area contributed by atoms with E-state index in [2.05, 4.69) is 16.3 Å². The number of amides is 1. The molecule has 1 amide bonds. The molecule has 1 saturated heterocycles. The molecule has 0 aliphatic carbocycles. The van der Waals surface area contributed by atoms with Crippen molar-refractivity contribution < 1.29 is 4.79 Å². The molecule has 4 rings (SSSR count). The minimum atomic E-state index is -0.00975. The molecule has 1 unspecified atom stereocenters. The van der Waals surface area contributed by atoms with Gasteiger partial charge in [0.2, 0.25) is 0 Å². The van der Waals surface area contributed by atoms with Gasteiger partial charge in [-0.3, -0.25) is 9.89 Å². The number of hydrogen-bond acceptors (Lipinski definition) is 4. The van der Waals surface area contributed by atoms with E-state index in [1.807, 2.05) is 58.4 Å². The number of carbonyl (C=O) groups excluding carboxylic acids is 1. The fourth-order valence-electron chi connectivity index (χ4n) is 3.11. The lowest BCUT2D eigenvalue weighted by Crippen LogP contribution is -2.33. The molecule has 1 aliphatic rings. The highest BCUT2D eigenvalue weighted by Crippen LogP contribution is 2.38. The minimum absolute atomic E-state index is 0.00975. The van der Waals surface area contributed by atoms with Crippen LogP contribution >= 0.6 is 34.7 Å². The highest BCUT2D eigenvalue weighted by Gasteiger charge is 2.25. The zero-order valence-corrected chi connectivity index (χ0v) is 16.4. The highest BCUT2D eigenvalue weighted by atomic mass is 35.5. The van der Waals surface area contributed by atoms with E-state index in [4.69, 9.17) is 11.6 Å². The third kappa shape index (κ3) is 3.68. The molecule has 1 aromatic carbocycles. The summed E-state index contributed by atoms with van der Waals surface area (Å²) in [5, 5.41) is 10.3. The zero-order chi connectivity index (χ0) is 17.9. The Bertz CT molecular complexity index is 894. The van der Waals surface area contributed by atoms with Crippen molar-refractivity contribution in [2.75, 3.05) is 18.8 Å². The van der Waals surface area contributed by atoms with Crippen LogP contribution in [0.4, 0.5) is 0 Å². The van der Waals surface area contributed by atoms with E-state index in [1.165, 1.54) is 0 Å². The lowest BCUT2D eigenvalue weighted by molar-refractivity contribution is 0.0760. The van der Waals surface area contributed by atoms with Crippen LogP contribution in [-0.4, -0.2) is 39.8 Å². The fourth-order valence-corrected chi connectivity index (χ4v) is 5.40. The summed E-state index contributed by atoms with van der Waals surface area (Å²) in [6.07, 6.45) is 0.891. The Labute approximate surface area is 165 Å². The molecule has 0 saturated carbocycles. The number of H-pyrrole nitrogens is 1. The third-order valence-electron chi connectivity index (χ3n) is 4.46. The topological polar surface area (TPSA) is 49.0 Å². The lowest BCUT2D eigenvalue weighted by Gasteiger charge is -2.19. The number of halogens is 1. The number of benzene rings is 1. The second kappa shape index (κ2) is 7.86. The number of rotatable bonds is 3. The standard InChI is InChI=1S/C19H18ClN3OS2/c20-14-5-2-1-4-13(14)17-7-8-23(9-11-26-17)19(24)16-12-15(21-22-16)18-6-3-10-25-18/h1-6,10,12,17H,7-9,11H2,(H,21,22). The smallest absolute Gasteiger partial charge is 0.274 e. The van der Waals surface area contributed by atoms with Crippen molar-refractivity contribution in [2.45, 2.75) is 11.7 Å². The third-order valence-corrected chi connectivity index (χ3v) is 7.02. The molecule has 1 N–H and O–H groups in total. The fraction of sp³-hybridized carbons (Fsp3) is 0.263. The van der Waals surface area contributed by atoms with Crippen LogP contribution in [0.2, 0.25) is 5.02 Å². The largest absolute Gasteiger partial charge is 0.336 e. The number of aromatic amines is 1. The summed E-state index contributed by atoms with van der Waals surface area (Å²) in [5.41, 5.74) is 2.53. The molecule has 0 spiro atoms. The molecule has 1 aliphatic heterocycles. The number of thioether (sulfide) groups is 1. The van der Waals surface area contributed by atoms with Gasteiger partial charge < -0.3 is 4.90 Å². The average Bonchev–Trinajstić information content (AvgIpc) is 3.29. The number of carbonyl (C=O) groups is 1. The molecule has 2 aromatic heterocycles. The Balaban J connectivity index is 1.46. The second-order valence-corrected chi connectivity index (χ2v) is 8.77. The Hall–Kier alpha value is -1.76. The molecule has 3 aromatic rings. The Morgan fingerprint density at radius 3 is 2.92 bits per heavy atom. The Morgan fingerprint density at radius 2 is 2.12 bits per heavy atom. The first-order valence-corrected chi connectivity index (χ1v) is 10.8. The van der Waals surface area contributed by atoms with Crippen molar-refractivity contribution >= 4 is 40.6 Å². The first kappa shape index (κ1) is 17.6. The first-order chi connectivity index (χ1) is 12.7. The van der Waals surface area contributed by atoms with Gasteiger partial charge in [-0.25, -0.2) is 0 Å². The Morgan fingerprint density at radius 1 is 1.23 bits per heavy atom. The summed E-state index contributed by atoms with van der Waals surface area (Å²) in [6.45, 7) is 1.44. The maximum Gasteiger partial charge on any atom is 0.274 e. The molecular formula is C19H18ClN3OS2. The van der Waals surface area contributed by atoms with Gasteiger partial charge >= 0.3 is 0 Å². The van der Waals surface area contributed by atoms with E-state index in [0.717, 1.165) is 39.9 Å². The normalized spacial score (nSPS) is 17.9. The van der Waals surface area contributed by atoms with Crippen LogP contribution in [0.25, 0.3) is 10.6 Å². The molecule has 0 bridgehead atoms. The molecule has 3 heterocycles. The van der Waals surface area contributed by atoms with Crippen molar-refractivity contribution in [2.24, 2.45) is 0 Å². The quantitative estimate of drug-likeness (QED) is 0.660. The van der Waals surface area contributed by atoms with E-state index < -0.39 is 0 Å². The van der Waals surface area contributed by atoms with Crippen LogP contribution in [0.15, 0.2) is 47.8 Å². The van der Waals surface area contributed by atoms with Crippen molar-refractivity contribution in [3.8, 4) is 10.6 Å². The molecule has 0 radical (unpaired) electrons. The van der Waals surface area contributed by atoms with Crippen LogP contribution in [0.3, 0.4) is 0 Å². The summed E-state index contributed by atoms with van der Waals surface area (Å²) in [4.78, 5) is 15.8. The van der Waals surface area contributed by atoms with Gasteiger partial charge in [0.05, 0.1) is 10.6 Å². The minimum Gasteiger partial charge on any atom is -0.336 e. The van der Waals surface area contributed by atoms with Crippen LogP contribution in [0.5, 0.6) is 0 Å². The van der Waals surface area contributed by atoms with Gasteiger partial charge in [-0.2, -0.15) is 16.9 Å². The van der Waals surface area contributed by atoms with Crippen LogP contribution in [0.1, 0.15) is 27.7 Å². The van der Waals surface area contributed by atoms with E-state index >= 15 is 0 Å². The first-order valence-electron chi connectivity index (χ1n) is 8.47. The average molecular weight is 404 g/mol.